The maximum Gasteiger partial charge on any atom is 0.160 e. The highest BCUT2D eigenvalue weighted by Gasteiger charge is 2.41. The fourth-order valence-corrected chi connectivity index (χ4v) is 11.8. The summed E-state index contributed by atoms with van der Waals surface area (Å²) >= 11 is 0. The molecule has 13 aromatic rings. The molecule has 8 heteroatoms. The van der Waals surface area contributed by atoms with Crippen LogP contribution in [0.5, 0.6) is 0 Å². The van der Waals surface area contributed by atoms with Crippen LogP contribution in [0.1, 0.15) is 45.2 Å². The molecule has 16 rings (SSSR count). The van der Waals surface area contributed by atoms with Gasteiger partial charge in [0, 0.05) is 70.4 Å². The van der Waals surface area contributed by atoms with E-state index in [1.807, 2.05) is 24.3 Å². The maximum absolute atomic E-state index is 5.34. The number of rotatable bonds is 8. The van der Waals surface area contributed by atoms with Crippen molar-refractivity contribution < 1.29 is 0 Å². The van der Waals surface area contributed by atoms with Gasteiger partial charge in [-0.25, -0.2) is 29.9 Å². The Morgan fingerprint density at radius 3 is 0.974 bits per heavy atom. The lowest BCUT2D eigenvalue weighted by Gasteiger charge is -2.42. The van der Waals surface area contributed by atoms with Gasteiger partial charge < -0.3 is 9.13 Å². The van der Waals surface area contributed by atoms with Crippen molar-refractivity contribution in [3.63, 3.8) is 0 Å². The number of hydrogen-bond donors (Lipinski definition) is 0. The number of aryl methyl sites for hydroxylation is 2. The van der Waals surface area contributed by atoms with Crippen molar-refractivity contribution in [2.75, 3.05) is 0 Å². The number of hydrogen-bond acceptors (Lipinski definition) is 6. The quantitative estimate of drug-likeness (QED) is 0.151. The molecule has 0 fully saturated rings. The lowest BCUT2D eigenvalue weighted by Crippen LogP contribution is -2.27. The molecule has 2 atom stereocenters. The van der Waals surface area contributed by atoms with E-state index in [2.05, 4.69) is 229 Å². The average molecular weight is 975 g/mol. The normalized spacial score (nSPS) is 14.2. The highest BCUT2D eigenvalue weighted by atomic mass is 15.1. The zero-order valence-corrected chi connectivity index (χ0v) is 41.7. The van der Waals surface area contributed by atoms with E-state index >= 15 is 0 Å². The van der Waals surface area contributed by atoms with Crippen LogP contribution in [-0.4, -0.2) is 39.0 Å². The Morgan fingerprint density at radius 1 is 0.263 bits per heavy atom. The molecule has 0 radical (unpaired) electrons. The summed E-state index contributed by atoms with van der Waals surface area (Å²) in [5.74, 6) is 3.28. The Balaban J connectivity index is 0.808. The Morgan fingerprint density at radius 2 is 0.579 bits per heavy atom. The average Bonchev–Trinajstić information content (AvgIpc) is 4.14. The molecule has 2 unspecified atom stereocenters. The van der Waals surface area contributed by atoms with Gasteiger partial charge in [-0.2, -0.15) is 0 Å². The molecule has 3 aliphatic rings. The summed E-state index contributed by atoms with van der Waals surface area (Å²) in [6.45, 7) is 0. The zero-order chi connectivity index (χ0) is 50.4. The van der Waals surface area contributed by atoms with Crippen LogP contribution < -0.4 is 0 Å². The van der Waals surface area contributed by atoms with Crippen LogP contribution in [0.25, 0.3) is 113 Å². The van der Waals surface area contributed by atoms with E-state index in [-0.39, 0.29) is 11.8 Å². The SMILES string of the molecule is Cn1c(-c2ccc(-c3cc(-c4ccccc4)nc(-c4ccc5c(c4)C4c6ccccc6C5c5cc(-c6nc(-c7ccccc7)cc(-c7ccc(-c8nc9ccccc9n8C)cc7)n6)ccc54)n3)cc2)nc2ccccc21. The third-order valence-electron chi connectivity index (χ3n) is 15.6. The molecule has 4 aromatic heterocycles. The molecule has 0 N–H and O–H groups in total. The van der Waals surface area contributed by atoms with Crippen LogP contribution in [0, 0.1) is 0 Å². The van der Waals surface area contributed by atoms with Crippen LogP contribution in [-0.2, 0) is 14.1 Å². The lowest BCUT2D eigenvalue weighted by atomic mass is 9.61. The van der Waals surface area contributed by atoms with Gasteiger partial charge in [0.05, 0.1) is 44.8 Å². The summed E-state index contributed by atoms with van der Waals surface area (Å²) in [7, 11) is 4.15. The molecule has 0 amide bonds. The summed E-state index contributed by atoms with van der Waals surface area (Å²) in [4.78, 5) is 31.2. The summed E-state index contributed by atoms with van der Waals surface area (Å²) in [5.41, 5.74) is 23.7. The largest absolute Gasteiger partial charge is 0.327 e. The molecule has 0 aliphatic heterocycles. The molecule has 358 valence electrons. The number of para-hydroxylation sites is 4. The van der Waals surface area contributed by atoms with Gasteiger partial charge in [0.2, 0.25) is 0 Å². The Labute approximate surface area is 439 Å². The summed E-state index contributed by atoms with van der Waals surface area (Å²) in [6, 6.07) is 81.4. The van der Waals surface area contributed by atoms with Gasteiger partial charge in [-0.05, 0) is 81.9 Å². The molecule has 8 nitrogen and oxygen atoms in total. The smallest absolute Gasteiger partial charge is 0.160 e. The second-order valence-corrected chi connectivity index (χ2v) is 20.0. The molecule has 0 saturated carbocycles. The van der Waals surface area contributed by atoms with Crippen molar-refractivity contribution in [1.29, 1.82) is 0 Å². The van der Waals surface area contributed by atoms with Gasteiger partial charge in [0.1, 0.15) is 11.6 Å². The molecular formula is C68H46N8. The fraction of sp³-hybridized carbons (Fsp3) is 0.0588. The lowest BCUT2D eigenvalue weighted by molar-refractivity contribution is 0.754. The van der Waals surface area contributed by atoms with Crippen LogP contribution >= 0.6 is 0 Å². The van der Waals surface area contributed by atoms with E-state index in [0.29, 0.717) is 11.6 Å². The molecule has 4 heterocycles. The van der Waals surface area contributed by atoms with Crippen LogP contribution in [0.4, 0.5) is 0 Å². The maximum atomic E-state index is 5.34. The number of benzene rings is 9. The standard InChI is InChI=1S/C68H46N8/c1-75-61-23-13-11-21-55(61)73-67(75)45-29-25-43(26-30-45)59-39-57(41-15-5-3-6-16-41)69-65(71-59)47-33-35-51-53(37-47)63-49-19-9-10-20-50(49)64(51)54-38-48(34-36-52(54)63)66-70-58(42-17-7-4-8-18-42)40-60(72-66)44-27-31-46(32-28-44)68-74-56-22-12-14-24-62(56)76(68)2/h3-40,63-64H,1-2H3. The molecule has 0 spiro atoms. The van der Waals surface area contributed by atoms with Crippen molar-refractivity contribution in [2.45, 2.75) is 11.8 Å². The monoisotopic (exact) mass is 974 g/mol. The minimum atomic E-state index is 0.0225. The van der Waals surface area contributed by atoms with Crippen LogP contribution in [0.15, 0.2) is 231 Å². The highest BCUT2D eigenvalue weighted by molar-refractivity contribution is 5.84. The van der Waals surface area contributed by atoms with Crippen molar-refractivity contribution in [2.24, 2.45) is 14.1 Å². The van der Waals surface area contributed by atoms with Crippen molar-refractivity contribution in [3.05, 3.63) is 264 Å². The Kier molecular flexibility index (Phi) is 9.97. The first kappa shape index (κ1) is 43.6. The van der Waals surface area contributed by atoms with E-state index in [9.17, 15) is 0 Å². The van der Waals surface area contributed by atoms with Gasteiger partial charge in [0.15, 0.2) is 11.6 Å². The zero-order valence-electron chi connectivity index (χ0n) is 41.7. The minimum absolute atomic E-state index is 0.0225. The first-order valence-electron chi connectivity index (χ1n) is 25.8. The first-order chi connectivity index (χ1) is 37.5. The van der Waals surface area contributed by atoms with Crippen LogP contribution in [0.3, 0.4) is 0 Å². The number of nitrogens with zero attached hydrogens (tertiary/aromatic N) is 8. The van der Waals surface area contributed by atoms with Gasteiger partial charge in [-0.3, -0.25) is 0 Å². The molecule has 0 saturated heterocycles. The molecule has 2 bridgehead atoms. The fourth-order valence-electron chi connectivity index (χ4n) is 11.8. The van der Waals surface area contributed by atoms with E-state index in [1.54, 1.807) is 0 Å². The summed E-state index contributed by atoms with van der Waals surface area (Å²) < 4.78 is 4.31. The highest BCUT2D eigenvalue weighted by Crippen LogP contribution is 2.56. The van der Waals surface area contributed by atoms with Crippen molar-refractivity contribution >= 4 is 22.1 Å². The third-order valence-corrected chi connectivity index (χ3v) is 15.6. The topological polar surface area (TPSA) is 87.2 Å². The van der Waals surface area contributed by atoms with Crippen molar-refractivity contribution in [3.8, 4) is 90.6 Å². The minimum Gasteiger partial charge on any atom is -0.327 e. The Hall–Kier alpha value is -9.92. The molecule has 76 heavy (non-hydrogen) atoms. The number of aromatic nitrogens is 8. The molecule has 3 aliphatic carbocycles. The van der Waals surface area contributed by atoms with Crippen molar-refractivity contribution in [1.82, 2.24) is 39.0 Å². The summed E-state index contributed by atoms with van der Waals surface area (Å²) in [6.07, 6.45) is 0. The first-order valence-corrected chi connectivity index (χ1v) is 25.8. The summed E-state index contributed by atoms with van der Waals surface area (Å²) in [5, 5.41) is 0. The number of fused-ring (bicyclic) bond motifs is 2. The van der Waals surface area contributed by atoms with E-state index in [4.69, 9.17) is 29.9 Å². The van der Waals surface area contributed by atoms with E-state index in [0.717, 1.165) is 101 Å². The third kappa shape index (κ3) is 7.13. The second kappa shape index (κ2) is 17.4. The Bertz CT molecular complexity index is 4140. The van der Waals surface area contributed by atoms with E-state index in [1.165, 1.54) is 33.4 Å². The van der Waals surface area contributed by atoms with Gasteiger partial charge in [-0.15, -0.1) is 0 Å². The van der Waals surface area contributed by atoms with E-state index < -0.39 is 0 Å². The molecular weight excluding hydrogens is 929 g/mol. The second-order valence-electron chi connectivity index (χ2n) is 20.0. The predicted octanol–water partition coefficient (Wildman–Crippen LogP) is 15.4. The van der Waals surface area contributed by atoms with Gasteiger partial charge in [0.25, 0.3) is 0 Å². The van der Waals surface area contributed by atoms with Gasteiger partial charge >= 0.3 is 0 Å². The van der Waals surface area contributed by atoms with Crippen LogP contribution in [0.2, 0.25) is 0 Å². The van der Waals surface area contributed by atoms with Gasteiger partial charge in [-0.1, -0.05) is 182 Å². The predicted molar refractivity (Wildman–Crippen MR) is 304 cm³/mol. The number of imidazole rings is 2. The molecule has 9 aromatic carbocycles.